The smallest absolute Gasteiger partial charge is 0.274 e. The van der Waals surface area contributed by atoms with Crippen LogP contribution in [0.1, 0.15) is 39.3 Å². The van der Waals surface area contributed by atoms with E-state index in [4.69, 9.17) is 9.47 Å². The first-order valence-electron chi connectivity index (χ1n) is 9.04. The molecule has 1 amide bonds. The van der Waals surface area contributed by atoms with Crippen molar-refractivity contribution >= 4 is 22.2 Å². The van der Waals surface area contributed by atoms with Crippen molar-refractivity contribution in [3.63, 3.8) is 0 Å². The van der Waals surface area contributed by atoms with Crippen LogP contribution in [0.15, 0.2) is 24.3 Å². The zero-order valence-electron chi connectivity index (χ0n) is 14.9. The van der Waals surface area contributed by atoms with Gasteiger partial charge in [-0.15, -0.1) is 11.3 Å². The van der Waals surface area contributed by atoms with E-state index in [1.807, 2.05) is 18.2 Å². The van der Waals surface area contributed by atoms with E-state index in [1.54, 1.807) is 6.07 Å². The standard InChI is InChI=1S/C20H16N4O3S/c21-9-13-12-3-1-2-4-18(12)28-20(13)22-19(25)15-8-14(23-24-15)11-5-6-16-17(7-11)27-10-26-16/h5-8H,1-4,10H2,(H,22,25)(H,23,24). The van der Waals surface area contributed by atoms with Gasteiger partial charge in [-0.3, -0.25) is 9.89 Å². The maximum atomic E-state index is 12.7. The van der Waals surface area contributed by atoms with Crippen molar-refractivity contribution in [1.29, 1.82) is 5.26 Å². The molecule has 0 spiro atoms. The van der Waals surface area contributed by atoms with Gasteiger partial charge in [0.2, 0.25) is 6.79 Å². The highest BCUT2D eigenvalue weighted by Gasteiger charge is 2.23. The van der Waals surface area contributed by atoms with Gasteiger partial charge in [-0.25, -0.2) is 0 Å². The van der Waals surface area contributed by atoms with Crippen molar-refractivity contribution < 1.29 is 14.3 Å². The van der Waals surface area contributed by atoms with Crippen LogP contribution in [-0.2, 0) is 12.8 Å². The maximum absolute atomic E-state index is 12.7. The molecule has 1 aliphatic carbocycles. The normalized spacial score (nSPS) is 14.4. The molecule has 7 nitrogen and oxygen atoms in total. The molecule has 0 fully saturated rings. The van der Waals surface area contributed by atoms with E-state index in [1.165, 1.54) is 16.2 Å². The van der Waals surface area contributed by atoms with Crippen LogP contribution < -0.4 is 14.8 Å². The summed E-state index contributed by atoms with van der Waals surface area (Å²) in [6.45, 7) is 0.207. The van der Waals surface area contributed by atoms with Crippen LogP contribution in [0.5, 0.6) is 11.5 Å². The molecular weight excluding hydrogens is 376 g/mol. The summed E-state index contributed by atoms with van der Waals surface area (Å²) in [5.74, 6) is 1.05. The van der Waals surface area contributed by atoms with Gasteiger partial charge in [0.15, 0.2) is 11.5 Å². The molecule has 1 aliphatic heterocycles. The molecule has 0 atom stereocenters. The van der Waals surface area contributed by atoms with Gasteiger partial charge < -0.3 is 14.8 Å². The molecule has 0 saturated heterocycles. The quantitative estimate of drug-likeness (QED) is 0.705. The monoisotopic (exact) mass is 392 g/mol. The fourth-order valence-electron chi connectivity index (χ4n) is 3.58. The number of carbonyl (C=O) groups excluding carboxylic acids is 1. The summed E-state index contributed by atoms with van der Waals surface area (Å²) < 4.78 is 10.7. The number of nitrogens with zero attached hydrogens (tertiary/aromatic N) is 2. The third-order valence-corrected chi connectivity index (χ3v) is 6.21. The minimum Gasteiger partial charge on any atom is -0.454 e. The Balaban J connectivity index is 1.39. The Morgan fingerprint density at radius 2 is 2.07 bits per heavy atom. The third-order valence-electron chi connectivity index (χ3n) is 5.00. The number of benzene rings is 1. The number of carbonyl (C=O) groups is 1. The minimum absolute atomic E-state index is 0.207. The van der Waals surface area contributed by atoms with Gasteiger partial charge >= 0.3 is 0 Å². The van der Waals surface area contributed by atoms with Gasteiger partial charge in [0.05, 0.1) is 11.3 Å². The number of hydrogen-bond donors (Lipinski definition) is 2. The van der Waals surface area contributed by atoms with Crippen molar-refractivity contribution in [2.45, 2.75) is 25.7 Å². The summed E-state index contributed by atoms with van der Waals surface area (Å²) in [5.41, 5.74) is 3.49. The van der Waals surface area contributed by atoms with Crippen LogP contribution >= 0.6 is 11.3 Å². The van der Waals surface area contributed by atoms with Crippen molar-refractivity contribution in [2.75, 3.05) is 12.1 Å². The molecular formula is C20H16N4O3S. The van der Waals surface area contributed by atoms with Crippen LogP contribution in [0.3, 0.4) is 0 Å². The number of nitriles is 1. The summed E-state index contributed by atoms with van der Waals surface area (Å²) >= 11 is 1.51. The lowest BCUT2D eigenvalue weighted by Crippen LogP contribution is -2.12. The van der Waals surface area contributed by atoms with Crippen LogP contribution in [0.2, 0.25) is 0 Å². The molecule has 0 radical (unpaired) electrons. The Morgan fingerprint density at radius 1 is 1.21 bits per heavy atom. The number of anilines is 1. The lowest BCUT2D eigenvalue weighted by atomic mass is 9.96. The molecule has 8 heteroatoms. The van der Waals surface area contributed by atoms with Gasteiger partial charge in [-0.1, -0.05) is 0 Å². The number of thiophene rings is 1. The lowest BCUT2D eigenvalue weighted by Gasteiger charge is -2.09. The number of ether oxygens (including phenoxy) is 2. The summed E-state index contributed by atoms with van der Waals surface area (Å²) in [6.07, 6.45) is 4.10. The number of aromatic amines is 1. The van der Waals surface area contributed by atoms with Crippen LogP contribution in [0, 0.1) is 11.3 Å². The number of aryl methyl sites for hydroxylation is 1. The van der Waals surface area contributed by atoms with E-state index in [2.05, 4.69) is 21.6 Å². The molecule has 0 bridgehead atoms. The lowest BCUT2D eigenvalue weighted by molar-refractivity contribution is 0.102. The van der Waals surface area contributed by atoms with Gasteiger partial charge in [-0.2, -0.15) is 10.4 Å². The second-order valence-electron chi connectivity index (χ2n) is 6.72. The number of rotatable bonds is 3. The fourth-order valence-corrected chi connectivity index (χ4v) is 4.82. The number of H-pyrrole nitrogens is 1. The number of hydrogen-bond acceptors (Lipinski definition) is 6. The molecule has 0 unspecified atom stereocenters. The first-order valence-corrected chi connectivity index (χ1v) is 9.86. The van der Waals surface area contributed by atoms with E-state index < -0.39 is 0 Å². The third kappa shape index (κ3) is 2.80. The fraction of sp³-hybridized carbons (Fsp3) is 0.250. The summed E-state index contributed by atoms with van der Waals surface area (Å²) in [6, 6.07) is 9.47. The number of fused-ring (bicyclic) bond motifs is 2. The molecule has 1 aromatic carbocycles. The van der Waals surface area contributed by atoms with E-state index in [-0.39, 0.29) is 12.7 Å². The highest BCUT2D eigenvalue weighted by atomic mass is 32.1. The molecule has 2 aliphatic rings. The highest BCUT2D eigenvalue weighted by molar-refractivity contribution is 7.16. The molecule has 140 valence electrons. The van der Waals surface area contributed by atoms with Crippen molar-refractivity contribution in [1.82, 2.24) is 10.2 Å². The molecule has 2 N–H and O–H groups in total. The summed E-state index contributed by atoms with van der Waals surface area (Å²) in [4.78, 5) is 13.9. The van der Waals surface area contributed by atoms with Crippen LogP contribution in [0.25, 0.3) is 11.3 Å². The Morgan fingerprint density at radius 3 is 2.96 bits per heavy atom. The Labute approximate surface area is 164 Å². The topological polar surface area (TPSA) is 100 Å². The average Bonchev–Trinajstić information content (AvgIpc) is 3.44. The second-order valence-corrected chi connectivity index (χ2v) is 7.82. The van der Waals surface area contributed by atoms with Crippen molar-refractivity contribution in [3.8, 4) is 28.8 Å². The second kappa shape index (κ2) is 6.69. The highest BCUT2D eigenvalue weighted by Crippen LogP contribution is 2.38. The summed E-state index contributed by atoms with van der Waals surface area (Å²) in [5, 5.41) is 20.1. The first kappa shape index (κ1) is 16.8. The zero-order valence-corrected chi connectivity index (χ0v) is 15.7. The van der Waals surface area contributed by atoms with Gasteiger partial charge in [0.1, 0.15) is 16.8 Å². The predicted molar refractivity (Wildman–Crippen MR) is 104 cm³/mol. The van der Waals surface area contributed by atoms with Crippen LogP contribution in [-0.4, -0.2) is 22.9 Å². The molecule has 2 aromatic heterocycles. The van der Waals surface area contributed by atoms with Gasteiger partial charge in [-0.05, 0) is 55.5 Å². The SMILES string of the molecule is N#Cc1c(NC(=O)c2cc(-c3ccc4c(c3)OCO4)n[nH]2)sc2c1CCCC2. The van der Waals surface area contributed by atoms with E-state index in [0.717, 1.165) is 36.8 Å². The molecule has 3 aromatic rings. The zero-order chi connectivity index (χ0) is 19.1. The van der Waals surface area contributed by atoms with E-state index in [0.29, 0.717) is 33.5 Å². The first-order chi connectivity index (χ1) is 13.7. The Kier molecular flexibility index (Phi) is 4.02. The molecule has 28 heavy (non-hydrogen) atoms. The molecule has 3 heterocycles. The Bertz CT molecular complexity index is 1130. The molecule has 0 saturated carbocycles. The maximum Gasteiger partial charge on any atom is 0.274 e. The number of aromatic nitrogens is 2. The summed E-state index contributed by atoms with van der Waals surface area (Å²) in [7, 11) is 0. The number of amides is 1. The van der Waals surface area contributed by atoms with Gasteiger partial charge in [0.25, 0.3) is 5.91 Å². The average molecular weight is 392 g/mol. The predicted octanol–water partition coefficient (Wildman–Crippen LogP) is 3.87. The van der Waals surface area contributed by atoms with Crippen LogP contribution in [0.4, 0.5) is 5.00 Å². The molecule has 5 rings (SSSR count). The van der Waals surface area contributed by atoms with Gasteiger partial charge in [0, 0.05) is 10.4 Å². The minimum atomic E-state index is -0.311. The number of nitrogens with one attached hydrogen (secondary N) is 2. The van der Waals surface area contributed by atoms with Crippen molar-refractivity contribution in [2.24, 2.45) is 0 Å². The van der Waals surface area contributed by atoms with Crippen molar-refractivity contribution in [3.05, 3.63) is 46.0 Å². The largest absolute Gasteiger partial charge is 0.454 e. The van der Waals surface area contributed by atoms with E-state index >= 15 is 0 Å². The van der Waals surface area contributed by atoms with E-state index in [9.17, 15) is 10.1 Å². The Hall–Kier alpha value is -3.31.